The molecule has 0 unspecified atom stereocenters. The van der Waals surface area contributed by atoms with Crippen molar-refractivity contribution >= 4 is 17.5 Å². The Labute approximate surface area is 120 Å². The third kappa shape index (κ3) is 4.13. The summed E-state index contributed by atoms with van der Waals surface area (Å²) in [5, 5.41) is 0. The summed E-state index contributed by atoms with van der Waals surface area (Å²) in [5.41, 5.74) is 1.66. The Hall–Kier alpha value is -1.22. The molecular formula is C15H22ClNO2. The first-order valence-electron chi connectivity index (χ1n) is 6.52. The van der Waals surface area contributed by atoms with Gasteiger partial charge in [0.15, 0.2) is 0 Å². The molecular weight excluding hydrogens is 262 g/mol. The molecule has 0 saturated carbocycles. The third-order valence-corrected chi connectivity index (χ3v) is 3.27. The minimum atomic E-state index is 0.000617. The first kappa shape index (κ1) is 15.8. The van der Waals surface area contributed by atoms with Gasteiger partial charge >= 0.3 is 0 Å². The maximum Gasteiger partial charge on any atom is 0.257 e. The van der Waals surface area contributed by atoms with E-state index in [-0.39, 0.29) is 11.9 Å². The molecule has 0 N–H and O–H groups in total. The summed E-state index contributed by atoms with van der Waals surface area (Å²) >= 11 is 5.72. The van der Waals surface area contributed by atoms with Crippen molar-refractivity contribution < 1.29 is 9.53 Å². The molecule has 0 heterocycles. The van der Waals surface area contributed by atoms with Crippen molar-refractivity contribution in [3.05, 3.63) is 29.3 Å². The smallest absolute Gasteiger partial charge is 0.257 e. The number of ether oxygens (including phenoxy) is 1. The van der Waals surface area contributed by atoms with Gasteiger partial charge < -0.3 is 9.64 Å². The lowest BCUT2D eigenvalue weighted by Crippen LogP contribution is -2.38. The minimum absolute atomic E-state index is 0.000617. The summed E-state index contributed by atoms with van der Waals surface area (Å²) in [6, 6.07) is 5.79. The first-order chi connectivity index (χ1) is 9.01. The van der Waals surface area contributed by atoms with E-state index in [1.54, 1.807) is 7.11 Å². The number of hydrogen-bond donors (Lipinski definition) is 0. The molecule has 1 amide bonds. The highest BCUT2D eigenvalue weighted by atomic mass is 35.5. The SMILES string of the molecule is COc1ccc(C)cc1C(=O)N(CCCCl)C(C)C. The van der Waals surface area contributed by atoms with E-state index in [0.717, 1.165) is 12.0 Å². The molecule has 19 heavy (non-hydrogen) atoms. The van der Waals surface area contributed by atoms with Crippen LogP contribution in [0, 0.1) is 6.92 Å². The van der Waals surface area contributed by atoms with E-state index in [1.165, 1.54) is 0 Å². The second-order valence-corrected chi connectivity index (χ2v) is 5.22. The number of aryl methyl sites for hydroxylation is 1. The highest BCUT2D eigenvalue weighted by Crippen LogP contribution is 2.22. The maximum atomic E-state index is 12.6. The van der Waals surface area contributed by atoms with Gasteiger partial charge in [-0.3, -0.25) is 4.79 Å². The monoisotopic (exact) mass is 283 g/mol. The number of methoxy groups -OCH3 is 1. The average Bonchev–Trinajstić information content (AvgIpc) is 2.38. The van der Waals surface area contributed by atoms with Crippen molar-refractivity contribution in [1.29, 1.82) is 0 Å². The Bertz CT molecular complexity index is 432. The van der Waals surface area contributed by atoms with Gasteiger partial charge in [0.25, 0.3) is 5.91 Å². The van der Waals surface area contributed by atoms with Crippen molar-refractivity contribution in [2.45, 2.75) is 33.2 Å². The highest BCUT2D eigenvalue weighted by Gasteiger charge is 2.21. The first-order valence-corrected chi connectivity index (χ1v) is 7.06. The van der Waals surface area contributed by atoms with Crippen LogP contribution in [0.2, 0.25) is 0 Å². The van der Waals surface area contributed by atoms with Crippen LogP contribution in [0.15, 0.2) is 18.2 Å². The number of amides is 1. The van der Waals surface area contributed by atoms with E-state index in [2.05, 4.69) is 0 Å². The Morgan fingerprint density at radius 1 is 1.42 bits per heavy atom. The van der Waals surface area contributed by atoms with E-state index in [9.17, 15) is 4.79 Å². The maximum absolute atomic E-state index is 12.6. The second-order valence-electron chi connectivity index (χ2n) is 4.84. The number of halogens is 1. The van der Waals surface area contributed by atoms with E-state index in [1.807, 2.05) is 43.9 Å². The zero-order valence-corrected chi connectivity index (χ0v) is 12.8. The van der Waals surface area contributed by atoms with Crippen LogP contribution in [-0.4, -0.2) is 36.4 Å². The molecule has 4 heteroatoms. The van der Waals surface area contributed by atoms with Gasteiger partial charge in [-0.05, 0) is 39.3 Å². The Morgan fingerprint density at radius 2 is 2.11 bits per heavy atom. The quantitative estimate of drug-likeness (QED) is 0.748. The van der Waals surface area contributed by atoms with Gasteiger partial charge in [0, 0.05) is 18.5 Å². The number of rotatable bonds is 6. The molecule has 1 aromatic carbocycles. The molecule has 0 radical (unpaired) electrons. The molecule has 0 fully saturated rings. The lowest BCUT2D eigenvalue weighted by Gasteiger charge is -2.27. The van der Waals surface area contributed by atoms with Crippen molar-refractivity contribution in [2.24, 2.45) is 0 Å². The summed E-state index contributed by atoms with van der Waals surface area (Å²) < 4.78 is 5.28. The van der Waals surface area contributed by atoms with Gasteiger partial charge in [-0.25, -0.2) is 0 Å². The van der Waals surface area contributed by atoms with Crippen LogP contribution in [0.25, 0.3) is 0 Å². The van der Waals surface area contributed by atoms with E-state index in [0.29, 0.717) is 23.7 Å². The van der Waals surface area contributed by atoms with Crippen molar-refractivity contribution in [3.63, 3.8) is 0 Å². The second kappa shape index (κ2) is 7.39. The van der Waals surface area contributed by atoms with Crippen molar-refractivity contribution in [2.75, 3.05) is 19.5 Å². The van der Waals surface area contributed by atoms with Gasteiger partial charge in [-0.1, -0.05) is 11.6 Å². The Kier molecular flexibility index (Phi) is 6.16. The number of carbonyl (C=O) groups is 1. The number of nitrogens with zero attached hydrogens (tertiary/aromatic N) is 1. The summed E-state index contributed by atoms with van der Waals surface area (Å²) in [7, 11) is 1.58. The van der Waals surface area contributed by atoms with Gasteiger partial charge in [0.1, 0.15) is 5.75 Å². The molecule has 0 aliphatic heterocycles. The molecule has 1 aromatic rings. The Balaban J connectivity index is 3.04. The minimum Gasteiger partial charge on any atom is -0.496 e. The van der Waals surface area contributed by atoms with Gasteiger partial charge in [-0.2, -0.15) is 0 Å². The fourth-order valence-corrected chi connectivity index (χ4v) is 2.09. The molecule has 0 atom stereocenters. The Morgan fingerprint density at radius 3 is 2.63 bits per heavy atom. The number of carbonyl (C=O) groups excluding carboxylic acids is 1. The van der Waals surface area contributed by atoms with Gasteiger partial charge in [-0.15, -0.1) is 11.6 Å². The molecule has 0 aromatic heterocycles. The summed E-state index contributed by atoms with van der Waals surface area (Å²) in [5.74, 6) is 1.18. The van der Waals surface area contributed by atoms with Gasteiger partial charge in [0.05, 0.1) is 12.7 Å². The molecule has 0 bridgehead atoms. The summed E-state index contributed by atoms with van der Waals surface area (Å²) in [6.45, 7) is 6.65. The molecule has 106 valence electrons. The van der Waals surface area contributed by atoms with Crippen LogP contribution in [0.4, 0.5) is 0 Å². The molecule has 0 aliphatic carbocycles. The zero-order chi connectivity index (χ0) is 14.4. The normalized spacial score (nSPS) is 10.6. The fraction of sp³-hybridized carbons (Fsp3) is 0.533. The third-order valence-electron chi connectivity index (χ3n) is 3.00. The average molecular weight is 284 g/mol. The van der Waals surface area contributed by atoms with Crippen molar-refractivity contribution in [1.82, 2.24) is 4.90 Å². The van der Waals surface area contributed by atoms with Crippen LogP contribution in [0.3, 0.4) is 0 Å². The molecule has 1 rings (SSSR count). The topological polar surface area (TPSA) is 29.5 Å². The number of hydrogen-bond acceptors (Lipinski definition) is 2. The van der Waals surface area contributed by atoms with E-state index >= 15 is 0 Å². The van der Waals surface area contributed by atoms with Crippen LogP contribution in [0.5, 0.6) is 5.75 Å². The standard InChI is InChI=1S/C15H22ClNO2/c1-11(2)17(9-5-8-16)15(18)13-10-12(3)6-7-14(13)19-4/h6-7,10-11H,5,8-9H2,1-4H3. The summed E-state index contributed by atoms with van der Waals surface area (Å²) in [4.78, 5) is 14.5. The zero-order valence-electron chi connectivity index (χ0n) is 12.1. The van der Waals surface area contributed by atoms with Crippen LogP contribution in [0.1, 0.15) is 36.2 Å². The van der Waals surface area contributed by atoms with Crippen LogP contribution < -0.4 is 4.74 Å². The van der Waals surface area contributed by atoms with Gasteiger partial charge in [0.2, 0.25) is 0 Å². The van der Waals surface area contributed by atoms with E-state index < -0.39 is 0 Å². The molecule has 3 nitrogen and oxygen atoms in total. The lowest BCUT2D eigenvalue weighted by molar-refractivity contribution is 0.0703. The predicted molar refractivity (Wildman–Crippen MR) is 79.2 cm³/mol. The molecule has 0 saturated heterocycles. The summed E-state index contributed by atoms with van der Waals surface area (Å²) in [6.07, 6.45) is 0.791. The number of alkyl halides is 1. The van der Waals surface area contributed by atoms with Crippen molar-refractivity contribution in [3.8, 4) is 5.75 Å². The molecule has 0 spiro atoms. The molecule has 0 aliphatic rings. The largest absolute Gasteiger partial charge is 0.496 e. The predicted octanol–water partition coefficient (Wildman–Crippen LogP) is 3.48. The van der Waals surface area contributed by atoms with Crippen LogP contribution >= 0.6 is 11.6 Å². The fourth-order valence-electron chi connectivity index (χ4n) is 1.97. The van der Waals surface area contributed by atoms with E-state index in [4.69, 9.17) is 16.3 Å². The highest BCUT2D eigenvalue weighted by molar-refractivity contribution is 6.17. The lowest BCUT2D eigenvalue weighted by atomic mass is 10.1. The number of benzene rings is 1. The van der Waals surface area contributed by atoms with Crippen LogP contribution in [-0.2, 0) is 0 Å².